The van der Waals surface area contributed by atoms with Crippen LogP contribution in [0.3, 0.4) is 0 Å². The van der Waals surface area contributed by atoms with Crippen molar-refractivity contribution in [3.05, 3.63) is 11.6 Å². The summed E-state index contributed by atoms with van der Waals surface area (Å²) in [6.45, 7) is 8.74. The van der Waals surface area contributed by atoms with E-state index in [4.69, 9.17) is 4.74 Å². The SMILES string of the molecule is CC(=O)OC1CCC2C3CC(C)C4=C/C(=N/O)CCC4(C)C3CCC12C. The Bertz CT molecular complexity index is 668. The Kier molecular flexibility index (Phi) is 4.24. The van der Waals surface area contributed by atoms with E-state index in [0.717, 1.165) is 37.3 Å². The minimum Gasteiger partial charge on any atom is -0.462 e. The summed E-state index contributed by atoms with van der Waals surface area (Å²) in [5.74, 6) is 2.50. The minimum absolute atomic E-state index is 0.102. The number of rotatable bonds is 1. The predicted molar refractivity (Wildman–Crippen MR) is 101 cm³/mol. The lowest BCUT2D eigenvalue weighted by Crippen LogP contribution is -2.53. The van der Waals surface area contributed by atoms with E-state index in [1.54, 1.807) is 6.92 Å². The molecule has 4 aliphatic carbocycles. The maximum absolute atomic E-state index is 11.6. The number of allylic oxidation sites excluding steroid dienone is 2. The second kappa shape index (κ2) is 6.10. The first-order valence-corrected chi connectivity index (χ1v) is 10.4. The van der Waals surface area contributed by atoms with Crippen LogP contribution in [0.4, 0.5) is 0 Å². The molecule has 0 aliphatic heterocycles. The average molecular weight is 360 g/mol. The molecule has 0 aromatic rings. The summed E-state index contributed by atoms with van der Waals surface area (Å²) in [6, 6.07) is 0. The number of carbonyl (C=O) groups is 1. The lowest BCUT2D eigenvalue weighted by Gasteiger charge is -2.59. The van der Waals surface area contributed by atoms with Gasteiger partial charge in [-0.2, -0.15) is 0 Å². The first-order chi connectivity index (χ1) is 12.3. The van der Waals surface area contributed by atoms with Gasteiger partial charge in [-0.3, -0.25) is 4.79 Å². The zero-order valence-electron chi connectivity index (χ0n) is 16.6. The Morgan fingerprint density at radius 2 is 2.00 bits per heavy atom. The van der Waals surface area contributed by atoms with Crippen LogP contribution in [0.1, 0.15) is 72.6 Å². The van der Waals surface area contributed by atoms with Crippen molar-refractivity contribution in [3.63, 3.8) is 0 Å². The molecule has 0 saturated heterocycles. The molecule has 0 bridgehead atoms. The van der Waals surface area contributed by atoms with E-state index in [9.17, 15) is 10.0 Å². The normalized spacial score (nSPS) is 49.0. The molecule has 0 aromatic heterocycles. The highest BCUT2D eigenvalue weighted by Crippen LogP contribution is 2.66. The van der Waals surface area contributed by atoms with Crippen molar-refractivity contribution in [2.24, 2.45) is 39.7 Å². The smallest absolute Gasteiger partial charge is 0.302 e. The van der Waals surface area contributed by atoms with Gasteiger partial charge in [0, 0.05) is 12.3 Å². The molecule has 7 unspecified atom stereocenters. The fourth-order valence-corrected chi connectivity index (χ4v) is 7.42. The molecule has 4 heteroatoms. The highest BCUT2D eigenvalue weighted by Gasteiger charge is 2.60. The lowest BCUT2D eigenvalue weighted by atomic mass is 9.45. The van der Waals surface area contributed by atoms with Gasteiger partial charge in [0.15, 0.2) is 0 Å². The second-order valence-corrected chi connectivity index (χ2v) is 9.84. The Labute approximate surface area is 157 Å². The molecular formula is C22H33NO3. The summed E-state index contributed by atoms with van der Waals surface area (Å²) in [7, 11) is 0. The van der Waals surface area contributed by atoms with Gasteiger partial charge in [-0.05, 0) is 80.1 Å². The molecule has 144 valence electrons. The average Bonchev–Trinajstić information content (AvgIpc) is 2.91. The largest absolute Gasteiger partial charge is 0.462 e. The van der Waals surface area contributed by atoms with E-state index in [1.165, 1.54) is 24.8 Å². The molecule has 7 atom stereocenters. The quantitative estimate of drug-likeness (QED) is 0.409. The van der Waals surface area contributed by atoms with Gasteiger partial charge >= 0.3 is 5.97 Å². The number of esters is 1. The van der Waals surface area contributed by atoms with Gasteiger partial charge in [0.25, 0.3) is 0 Å². The van der Waals surface area contributed by atoms with E-state index in [2.05, 4.69) is 32.0 Å². The number of carbonyl (C=O) groups excluding carboxylic acids is 1. The number of nitrogens with zero attached hydrogens (tertiary/aromatic N) is 1. The number of hydrogen-bond acceptors (Lipinski definition) is 4. The third kappa shape index (κ3) is 2.47. The first-order valence-electron chi connectivity index (χ1n) is 10.4. The molecule has 0 heterocycles. The van der Waals surface area contributed by atoms with Crippen LogP contribution >= 0.6 is 0 Å². The van der Waals surface area contributed by atoms with Crippen molar-refractivity contribution in [2.75, 3.05) is 0 Å². The minimum atomic E-state index is -0.128. The molecule has 4 aliphatic rings. The summed E-state index contributed by atoms with van der Waals surface area (Å²) >= 11 is 0. The standard InChI is InChI=1S/C22H33NO3/c1-13-11-16-17-5-6-20(26-14(2)24)22(17,4)10-8-18(16)21(3)9-7-15(23-25)12-19(13)21/h12-13,16-18,20,25H,5-11H2,1-4H3/b23-15+. The topological polar surface area (TPSA) is 58.9 Å². The van der Waals surface area contributed by atoms with E-state index >= 15 is 0 Å². The van der Waals surface area contributed by atoms with Crippen LogP contribution in [0.15, 0.2) is 16.8 Å². The number of hydrogen-bond donors (Lipinski definition) is 1. The Morgan fingerprint density at radius 3 is 2.69 bits per heavy atom. The van der Waals surface area contributed by atoms with E-state index < -0.39 is 0 Å². The van der Waals surface area contributed by atoms with Gasteiger partial charge in [-0.25, -0.2) is 0 Å². The number of fused-ring (bicyclic) bond motifs is 5. The Balaban J connectivity index is 1.66. The molecule has 0 aromatic carbocycles. The van der Waals surface area contributed by atoms with Gasteiger partial charge < -0.3 is 9.94 Å². The Hall–Kier alpha value is -1.32. The molecule has 4 rings (SSSR count). The zero-order chi connectivity index (χ0) is 18.7. The van der Waals surface area contributed by atoms with Crippen molar-refractivity contribution in [2.45, 2.75) is 78.7 Å². The van der Waals surface area contributed by atoms with Crippen LogP contribution in [0.25, 0.3) is 0 Å². The maximum Gasteiger partial charge on any atom is 0.302 e. The van der Waals surface area contributed by atoms with Crippen LogP contribution in [0.2, 0.25) is 0 Å². The molecule has 4 nitrogen and oxygen atoms in total. The summed E-state index contributed by atoms with van der Waals surface area (Å²) in [5, 5.41) is 12.7. The molecular weight excluding hydrogens is 326 g/mol. The second-order valence-electron chi connectivity index (χ2n) is 9.84. The molecule has 3 fully saturated rings. The summed E-state index contributed by atoms with van der Waals surface area (Å²) < 4.78 is 5.76. The van der Waals surface area contributed by atoms with E-state index in [1.807, 2.05) is 0 Å². The van der Waals surface area contributed by atoms with Crippen LogP contribution in [-0.4, -0.2) is 23.0 Å². The van der Waals surface area contributed by atoms with Gasteiger partial charge in [0.1, 0.15) is 6.10 Å². The molecule has 0 spiro atoms. The third-order valence-electron chi connectivity index (χ3n) is 8.64. The van der Waals surface area contributed by atoms with Crippen LogP contribution in [0, 0.1) is 34.5 Å². The van der Waals surface area contributed by atoms with Crippen LogP contribution in [-0.2, 0) is 9.53 Å². The highest BCUT2D eigenvalue weighted by molar-refractivity contribution is 5.96. The predicted octanol–water partition coefficient (Wildman–Crippen LogP) is 4.96. The van der Waals surface area contributed by atoms with Gasteiger partial charge in [-0.15, -0.1) is 0 Å². The van der Waals surface area contributed by atoms with Crippen molar-refractivity contribution < 1.29 is 14.7 Å². The van der Waals surface area contributed by atoms with Crippen LogP contribution in [0.5, 0.6) is 0 Å². The first kappa shape index (κ1) is 18.1. The molecule has 0 radical (unpaired) electrons. The zero-order valence-corrected chi connectivity index (χ0v) is 16.6. The molecule has 1 N–H and O–H groups in total. The van der Waals surface area contributed by atoms with Crippen molar-refractivity contribution in [1.29, 1.82) is 0 Å². The van der Waals surface area contributed by atoms with Gasteiger partial charge in [-0.1, -0.05) is 31.5 Å². The number of oxime groups is 1. The fraction of sp³-hybridized carbons (Fsp3) is 0.818. The Morgan fingerprint density at radius 1 is 1.23 bits per heavy atom. The van der Waals surface area contributed by atoms with E-state index in [0.29, 0.717) is 17.8 Å². The van der Waals surface area contributed by atoms with Crippen LogP contribution < -0.4 is 0 Å². The van der Waals surface area contributed by atoms with Crippen molar-refractivity contribution in [3.8, 4) is 0 Å². The van der Waals surface area contributed by atoms with Crippen molar-refractivity contribution >= 4 is 11.7 Å². The third-order valence-corrected chi connectivity index (χ3v) is 8.64. The molecule has 3 saturated carbocycles. The molecule has 0 amide bonds. The monoisotopic (exact) mass is 359 g/mol. The van der Waals surface area contributed by atoms with Crippen molar-refractivity contribution in [1.82, 2.24) is 0 Å². The van der Waals surface area contributed by atoms with Gasteiger partial charge in [0.2, 0.25) is 0 Å². The van der Waals surface area contributed by atoms with Gasteiger partial charge in [0.05, 0.1) is 5.71 Å². The van der Waals surface area contributed by atoms with E-state index in [-0.39, 0.29) is 22.9 Å². The highest BCUT2D eigenvalue weighted by atomic mass is 16.5. The summed E-state index contributed by atoms with van der Waals surface area (Å²) in [6.07, 6.45) is 10.1. The summed E-state index contributed by atoms with van der Waals surface area (Å²) in [4.78, 5) is 11.6. The lowest BCUT2D eigenvalue weighted by molar-refractivity contribution is -0.157. The fourth-order valence-electron chi connectivity index (χ4n) is 7.42. The molecule has 26 heavy (non-hydrogen) atoms. The maximum atomic E-state index is 11.6. The summed E-state index contributed by atoms with van der Waals surface area (Å²) in [5.41, 5.74) is 2.74. The number of ether oxygens (including phenoxy) is 1.